The van der Waals surface area contributed by atoms with Crippen molar-refractivity contribution in [3.8, 4) is 0 Å². The van der Waals surface area contributed by atoms with Crippen LogP contribution in [-0.2, 0) is 28.8 Å². The molecule has 0 spiro atoms. The Labute approximate surface area is 238 Å². The Hall–Kier alpha value is -3.60. The molecule has 0 rings (SSSR count). The average molecular weight is 590 g/mol. The highest BCUT2D eigenvalue weighted by molar-refractivity contribution is 7.80. The Bertz CT molecular complexity index is 926. The summed E-state index contributed by atoms with van der Waals surface area (Å²) in [6, 6.07) is -4.14. The van der Waals surface area contributed by atoms with Crippen LogP contribution in [0.2, 0.25) is 0 Å². The lowest BCUT2D eigenvalue weighted by Gasteiger charge is -2.27. The van der Waals surface area contributed by atoms with E-state index in [9.17, 15) is 28.8 Å². The number of carboxylic acids is 1. The van der Waals surface area contributed by atoms with Gasteiger partial charge in [-0.3, -0.25) is 29.0 Å². The standard InChI is InChI=1S/C23H43N9O7S/c1-11(2)17(20(36)29-8-15(33)28-9-16(34)30-14(10-40)22(38)39)32-21(37)18(12(3)4)31-19(35)13(24)6-5-7-27-23(25)26/h11-14,17-18,40H,5-10,24H2,1-4H3,(H,28,33)(H,29,36)(H,30,34)(H,31,35)(H,32,37)(H,38,39)(H4,25,26,27)/t13-,14-,17-,18-/m0/s1. The van der Waals surface area contributed by atoms with Gasteiger partial charge in [0.1, 0.15) is 18.1 Å². The summed E-state index contributed by atoms with van der Waals surface area (Å²) in [4.78, 5) is 76.9. The van der Waals surface area contributed by atoms with Gasteiger partial charge in [-0.1, -0.05) is 27.7 Å². The highest BCUT2D eigenvalue weighted by Gasteiger charge is 2.31. The number of thiol groups is 1. The fraction of sp³-hybridized carbons (Fsp3) is 0.696. The van der Waals surface area contributed by atoms with Crippen molar-refractivity contribution in [3.05, 3.63) is 0 Å². The van der Waals surface area contributed by atoms with E-state index in [1.165, 1.54) is 0 Å². The lowest BCUT2D eigenvalue weighted by Crippen LogP contribution is -2.59. The van der Waals surface area contributed by atoms with E-state index >= 15 is 0 Å². The fourth-order valence-electron chi connectivity index (χ4n) is 3.17. The summed E-state index contributed by atoms with van der Waals surface area (Å²) in [7, 11) is 0. The van der Waals surface area contributed by atoms with Crippen LogP contribution in [0.1, 0.15) is 40.5 Å². The molecule has 17 heteroatoms. The molecule has 4 atom stereocenters. The van der Waals surface area contributed by atoms with Gasteiger partial charge >= 0.3 is 5.97 Å². The second kappa shape index (κ2) is 18.6. The van der Waals surface area contributed by atoms with Crippen LogP contribution >= 0.6 is 12.6 Å². The van der Waals surface area contributed by atoms with E-state index in [1.54, 1.807) is 27.7 Å². The maximum Gasteiger partial charge on any atom is 0.327 e. The SMILES string of the molecule is CC(C)[C@H](NC(=O)[C@@H](NC(=O)[C@@H](N)CCCN=C(N)N)C(C)C)C(=O)NCC(=O)NCC(=O)N[C@@H](CS)C(=O)O. The quantitative estimate of drug-likeness (QED) is 0.0324. The maximum atomic E-state index is 13.0. The summed E-state index contributed by atoms with van der Waals surface area (Å²) < 4.78 is 0. The zero-order valence-corrected chi connectivity index (χ0v) is 24.1. The predicted octanol–water partition coefficient (Wildman–Crippen LogP) is -3.62. The minimum absolute atomic E-state index is 0.0677. The molecule has 0 aromatic heterocycles. The minimum Gasteiger partial charge on any atom is -0.480 e. The summed E-state index contributed by atoms with van der Waals surface area (Å²) in [5.74, 6) is -5.47. The van der Waals surface area contributed by atoms with Gasteiger partial charge in [0, 0.05) is 12.3 Å². The van der Waals surface area contributed by atoms with Gasteiger partial charge in [0.05, 0.1) is 19.1 Å². The van der Waals surface area contributed by atoms with E-state index in [0.717, 1.165) is 0 Å². The van der Waals surface area contributed by atoms with Crippen molar-refractivity contribution in [3.63, 3.8) is 0 Å². The molecule has 0 bridgehead atoms. The molecule has 0 aromatic carbocycles. The van der Waals surface area contributed by atoms with E-state index < -0.39 is 72.8 Å². The van der Waals surface area contributed by atoms with Crippen LogP contribution in [0.15, 0.2) is 4.99 Å². The van der Waals surface area contributed by atoms with E-state index in [1.807, 2.05) is 0 Å². The molecule has 0 fully saturated rings. The van der Waals surface area contributed by atoms with Gasteiger partial charge < -0.3 is 48.9 Å². The Morgan fingerprint density at radius 2 is 1.32 bits per heavy atom. The number of rotatable bonds is 18. The molecule has 5 amide bonds. The lowest BCUT2D eigenvalue weighted by molar-refractivity contribution is -0.141. The van der Waals surface area contributed by atoms with Crippen molar-refractivity contribution in [2.24, 2.45) is 34.0 Å². The molecule has 0 aliphatic rings. The van der Waals surface area contributed by atoms with Crippen molar-refractivity contribution in [2.75, 3.05) is 25.4 Å². The number of amides is 5. The zero-order chi connectivity index (χ0) is 31.0. The Kier molecular flexibility index (Phi) is 17.0. The van der Waals surface area contributed by atoms with Gasteiger partial charge in [0.15, 0.2) is 5.96 Å². The molecule has 0 saturated heterocycles. The monoisotopic (exact) mass is 589 g/mol. The number of hydrogen-bond donors (Lipinski definition) is 10. The van der Waals surface area contributed by atoms with Gasteiger partial charge in [-0.15, -0.1) is 0 Å². The lowest BCUT2D eigenvalue weighted by atomic mass is 9.99. The first-order valence-corrected chi connectivity index (χ1v) is 13.3. The Morgan fingerprint density at radius 3 is 1.82 bits per heavy atom. The third-order valence-electron chi connectivity index (χ3n) is 5.48. The summed E-state index contributed by atoms with van der Waals surface area (Å²) in [5.41, 5.74) is 16.4. The number of carbonyl (C=O) groups excluding carboxylic acids is 5. The smallest absolute Gasteiger partial charge is 0.327 e. The van der Waals surface area contributed by atoms with Crippen molar-refractivity contribution in [1.82, 2.24) is 26.6 Å². The predicted molar refractivity (Wildman–Crippen MR) is 151 cm³/mol. The summed E-state index contributed by atoms with van der Waals surface area (Å²) in [6.07, 6.45) is 0.739. The normalized spacial score (nSPS) is 13.8. The van der Waals surface area contributed by atoms with Crippen LogP contribution < -0.4 is 43.8 Å². The van der Waals surface area contributed by atoms with Gasteiger partial charge in [0.2, 0.25) is 29.5 Å². The number of aliphatic imine (C=N–C) groups is 1. The number of nitrogens with two attached hydrogens (primary N) is 3. The summed E-state index contributed by atoms with van der Waals surface area (Å²) in [6.45, 7) is 6.09. The van der Waals surface area contributed by atoms with Crippen LogP contribution in [0, 0.1) is 11.8 Å². The van der Waals surface area contributed by atoms with Gasteiger partial charge in [0.25, 0.3) is 0 Å². The first-order chi connectivity index (χ1) is 18.6. The molecule has 16 nitrogen and oxygen atoms in total. The molecule has 40 heavy (non-hydrogen) atoms. The maximum absolute atomic E-state index is 13.0. The van der Waals surface area contributed by atoms with Gasteiger partial charge in [-0.2, -0.15) is 12.6 Å². The average Bonchev–Trinajstić information content (AvgIpc) is 2.87. The van der Waals surface area contributed by atoms with E-state index in [0.29, 0.717) is 13.0 Å². The van der Waals surface area contributed by atoms with Crippen molar-refractivity contribution in [1.29, 1.82) is 0 Å². The third kappa shape index (κ3) is 14.5. The molecule has 0 heterocycles. The highest BCUT2D eigenvalue weighted by atomic mass is 32.1. The van der Waals surface area contributed by atoms with Crippen LogP contribution in [0.25, 0.3) is 0 Å². The highest BCUT2D eigenvalue weighted by Crippen LogP contribution is 2.08. The van der Waals surface area contributed by atoms with Crippen LogP contribution in [0.5, 0.6) is 0 Å². The molecule has 0 radical (unpaired) electrons. The number of aliphatic carboxylic acids is 1. The summed E-state index contributed by atoms with van der Waals surface area (Å²) in [5, 5.41) is 21.0. The first kappa shape index (κ1) is 36.4. The van der Waals surface area contributed by atoms with Crippen molar-refractivity contribution >= 4 is 54.1 Å². The van der Waals surface area contributed by atoms with Crippen LogP contribution in [0.3, 0.4) is 0 Å². The second-order valence-corrected chi connectivity index (χ2v) is 10.0. The van der Waals surface area contributed by atoms with Gasteiger partial charge in [-0.05, 0) is 24.7 Å². The molecule has 12 N–H and O–H groups in total. The minimum atomic E-state index is -1.27. The van der Waals surface area contributed by atoms with E-state index in [2.05, 4.69) is 44.2 Å². The van der Waals surface area contributed by atoms with Crippen LogP contribution in [-0.4, -0.2) is 96.1 Å². The van der Waals surface area contributed by atoms with Crippen molar-refractivity contribution in [2.45, 2.75) is 64.7 Å². The molecule has 0 aliphatic heterocycles. The molecule has 0 aliphatic carbocycles. The number of carbonyl (C=O) groups is 6. The van der Waals surface area contributed by atoms with Crippen molar-refractivity contribution < 1.29 is 33.9 Å². The largest absolute Gasteiger partial charge is 0.480 e. The summed E-state index contributed by atoms with van der Waals surface area (Å²) >= 11 is 3.83. The number of guanidine groups is 1. The van der Waals surface area contributed by atoms with Gasteiger partial charge in [-0.25, -0.2) is 4.79 Å². The first-order valence-electron chi connectivity index (χ1n) is 12.7. The van der Waals surface area contributed by atoms with Crippen LogP contribution in [0.4, 0.5) is 0 Å². The van der Waals surface area contributed by atoms with E-state index in [4.69, 9.17) is 22.3 Å². The topological polar surface area (TPSA) is 273 Å². The molecule has 0 saturated carbocycles. The second-order valence-electron chi connectivity index (χ2n) is 9.65. The molecule has 0 aromatic rings. The fourth-order valence-corrected chi connectivity index (χ4v) is 3.42. The Balaban J connectivity index is 4.96. The van der Waals surface area contributed by atoms with E-state index in [-0.39, 0.29) is 30.0 Å². The molecular weight excluding hydrogens is 546 g/mol. The number of nitrogens with zero attached hydrogens (tertiary/aromatic N) is 1. The molecule has 0 unspecified atom stereocenters. The molecular formula is C23H43N9O7S. The third-order valence-corrected chi connectivity index (χ3v) is 5.85. The number of carboxylic acid groups (broad SMARTS) is 1. The Morgan fingerprint density at radius 1 is 0.800 bits per heavy atom. The number of hydrogen-bond acceptors (Lipinski definition) is 9. The number of nitrogens with one attached hydrogen (secondary N) is 5. The molecule has 228 valence electrons. The zero-order valence-electron chi connectivity index (χ0n) is 23.2.